The fourth-order valence-corrected chi connectivity index (χ4v) is 4.64. The molecule has 0 radical (unpaired) electrons. The first-order valence-electron chi connectivity index (χ1n) is 11.2. The number of hydrogen-bond acceptors (Lipinski definition) is 4. The second-order valence-electron chi connectivity index (χ2n) is 7.92. The molecular formula is C28H33ClN4OS. The van der Waals surface area contributed by atoms with Crippen molar-refractivity contribution in [3.8, 4) is 0 Å². The minimum absolute atomic E-state index is 0. The number of rotatable bonds is 9. The molecule has 184 valence electrons. The maximum Gasteiger partial charge on any atom is 0.269 e. The number of aryl methyl sites for hydroxylation is 1. The molecule has 0 aliphatic carbocycles. The molecule has 1 heterocycles. The first-order valence-corrected chi connectivity index (χ1v) is 12.5. The topological polar surface area (TPSA) is 72.4 Å². The van der Waals surface area contributed by atoms with E-state index in [1.807, 2.05) is 76.7 Å². The molecule has 0 unspecified atom stereocenters. The summed E-state index contributed by atoms with van der Waals surface area (Å²) in [5.41, 5.74) is 10.5. The number of amides is 1. The Hall–Kier alpha value is -3.19. The lowest BCUT2D eigenvalue weighted by atomic mass is 10.1. The Balaban J connectivity index is 0.00000228. The number of aromatic nitrogens is 1. The molecular weight excluding hydrogens is 476 g/mol. The van der Waals surface area contributed by atoms with E-state index in [1.54, 1.807) is 0 Å². The van der Waals surface area contributed by atoms with Crippen LogP contribution in [0.5, 0.6) is 0 Å². The first kappa shape index (κ1) is 26.4. The van der Waals surface area contributed by atoms with E-state index in [9.17, 15) is 4.79 Å². The summed E-state index contributed by atoms with van der Waals surface area (Å²) in [4.78, 5) is 18.7. The minimum Gasteiger partial charge on any atom is -0.347 e. The van der Waals surface area contributed by atoms with Crippen molar-refractivity contribution in [2.24, 2.45) is 10.7 Å². The zero-order valence-electron chi connectivity index (χ0n) is 18.8. The van der Waals surface area contributed by atoms with Gasteiger partial charge in [-0.15, -0.1) is 11.3 Å². The SMILES string of the molecule is C.NCCc1ccc(N=c2scc(C(=O)NCc3ccc(Cl)cc3)n2CCc2ccccc2)cc1.[HH]. The predicted molar refractivity (Wildman–Crippen MR) is 148 cm³/mol. The zero-order chi connectivity index (χ0) is 23.8. The Morgan fingerprint density at radius 2 is 1.60 bits per heavy atom. The molecule has 0 saturated heterocycles. The lowest BCUT2D eigenvalue weighted by molar-refractivity contribution is 0.0941. The van der Waals surface area contributed by atoms with Gasteiger partial charge in [-0.25, -0.2) is 4.99 Å². The van der Waals surface area contributed by atoms with Gasteiger partial charge in [0, 0.05) is 24.9 Å². The van der Waals surface area contributed by atoms with Crippen LogP contribution in [0.25, 0.3) is 0 Å². The number of halogens is 1. The van der Waals surface area contributed by atoms with Crippen molar-refractivity contribution >= 4 is 34.5 Å². The third kappa shape index (κ3) is 7.39. The molecule has 0 aliphatic heterocycles. The number of nitrogens with one attached hydrogen (secondary N) is 1. The number of hydrogen-bond donors (Lipinski definition) is 2. The van der Waals surface area contributed by atoms with Crippen molar-refractivity contribution in [1.29, 1.82) is 0 Å². The fourth-order valence-electron chi connectivity index (χ4n) is 3.59. The monoisotopic (exact) mass is 508 g/mol. The maximum atomic E-state index is 13.1. The first-order chi connectivity index (χ1) is 16.6. The fraction of sp³-hybridized carbons (Fsp3) is 0.214. The van der Waals surface area contributed by atoms with Gasteiger partial charge in [0.1, 0.15) is 5.69 Å². The van der Waals surface area contributed by atoms with Crippen molar-refractivity contribution in [2.75, 3.05) is 6.54 Å². The molecule has 3 N–H and O–H groups in total. The summed E-state index contributed by atoms with van der Waals surface area (Å²) in [5.74, 6) is -0.126. The van der Waals surface area contributed by atoms with Gasteiger partial charge in [0.05, 0.1) is 5.69 Å². The van der Waals surface area contributed by atoms with E-state index in [2.05, 4.69) is 17.4 Å². The van der Waals surface area contributed by atoms with Gasteiger partial charge in [0.2, 0.25) is 0 Å². The standard InChI is InChI=1S/C27H27ClN4OS.CH4.H2/c28-23-10-6-22(7-11-23)18-30-26(33)25-19-34-27(31-24-12-8-21(9-13-24)14-16-29)32(25)17-15-20-4-2-1-3-5-20;;/h1-13,19H,14-18,29H2,(H,30,33);1H4;1H. The molecule has 4 aromatic rings. The summed E-state index contributed by atoms with van der Waals surface area (Å²) in [6, 6.07) is 25.8. The molecule has 0 fully saturated rings. The van der Waals surface area contributed by atoms with Crippen LogP contribution in [0.2, 0.25) is 5.02 Å². The van der Waals surface area contributed by atoms with E-state index < -0.39 is 0 Å². The summed E-state index contributed by atoms with van der Waals surface area (Å²) in [7, 11) is 0. The second kappa shape index (κ2) is 13.0. The van der Waals surface area contributed by atoms with E-state index >= 15 is 0 Å². The predicted octanol–water partition coefficient (Wildman–Crippen LogP) is 5.99. The molecule has 1 aromatic heterocycles. The van der Waals surface area contributed by atoms with Gasteiger partial charge in [-0.3, -0.25) is 4.79 Å². The van der Waals surface area contributed by atoms with Crippen LogP contribution in [0.4, 0.5) is 5.69 Å². The summed E-state index contributed by atoms with van der Waals surface area (Å²) in [6.07, 6.45) is 1.64. The zero-order valence-corrected chi connectivity index (χ0v) is 20.4. The lowest BCUT2D eigenvalue weighted by Crippen LogP contribution is -2.29. The lowest BCUT2D eigenvalue weighted by Gasteiger charge is -2.10. The van der Waals surface area contributed by atoms with Crippen LogP contribution >= 0.6 is 22.9 Å². The third-order valence-electron chi connectivity index (χ3n) is 5.46. The van der Waals surface area contributed by atoms with Crippen molar-refractivity contribution in [1.82, 2.24) is 9.88 Å². The van der Waals surface area contributed by atoms with Gasteiger partial charge in [-0.2, -0.15) is 0 Å². The molecule has 1 amide bonds. The molecule has 0 spiro atoms. The molecule has 35 heavy (non-hydrogen) atoms. The highest BCUT2D eigenvalue weighted by Gasteiger charge is 2.14. The van der Waals surface area contributed by atoms with Crippen LogP contribution in [0, 0.1) is 0 Å². The van der Waals surface area contributed by atoms with Crippen molar-refractivity contribution < 1.29 is 6.22 Å². The number of benzene rings is 3. The maximum absolute atomic E-state index is 13.1. The molecule has 5 nitrogen and oxygen atoms in total. The van der Waals surface area contributed by atoms with Crippen LogP contribution < -0.4 is 15.9 Å². The quantitative estimate of drug-likeness (QED) is 0.291. The average Bonchev–Trinajstić information content (AvgIpc) is 3.26. The van der Waals surface area contributed by atoms with Gasteiger partial charge in [0.15, 0.2) is 4.80 Å². The largest absolute Gasteiger partial charge is 0.347 e. The summed E-state index contributed by atoms with van der Waals surface area (Å²) < 4.78 is 2.00. The Labute approximate surface area is 217 Å². The molecule has 3 aromatic carbocycles. The summed E-state index contributed by atoms with van der Waals surface area (Å²) >= 11 is 7.44. The molecule has 0 bridgehead atoms. The molecule has 7 heteroatoms. The van der Waals surface area contributed by atoms with E-state index in [4.69, 9.17) is 22.3 Å². The third-order valence-corrected chi connectivity index (χ3v) is 6.57. The summed E-state index contributed by atoms with van der Waals surface area (Å²) in [6.45, 7) is 1.70. The minimum atomic E-state index is -0.126. The molecule has 4 rings (SSSR count). The molecule has 0 aliphatic rings. The van der Waals surface area contributed by atoms with Crippen molar-refractivity contribution in [3.05, 3.63) is 116 Å². The van der Waals surface area contributed by atoms with E-state index in [0.717, 1.165) is 28.9 Å². The Morgan fingerprint density at radius 1 is 0.943 bits per heavy atom. The number of carbonyl (C=O) groups is 1. The van der Waals surface area contributed by atoms with Crippen molar-refractivity contribution in [2.45, 2.75) is 33.4 Å². The normalized spacial score (nSPS) is 11.2. The van der Waals surface area contributed by atoms with E-state index in [-0.39, 0.29) is 14.8 Å². The summed E-state index contributed by atoms with van der Waals surface area (Å²) in [5, 5.41) is 5.58. The van der Waals surface area contributed by atoms with E-state index in [1.165, 1.54) is 22.5 Å². The number of carbonyl (C=O) groups excluding carboxylic acids is 1. The van der Waals surface area contributed by atoms with Crippen LogP contribution in [-0.4, -0.2) is 17.0 Å². The van der Waals surface area contributed by atoms with Gasteiger partial charge >= 0.3 is 0 Å². The number of nitrogens with zero attached hydrogens (tertiary/aromatic N) is 2. The average molecular weight is 509 g/mol. The van der Waals surface area contributed by atoms with Gasteiger partial charge in [-0.05, 0) is 60.3 Å². The highest BCUT2D eigenvalue weighted by atomic mass is 35.5. The second-order valence-corrected chi connectivity index (χ2v) is 9.19. The van der Waals surface area contributed by atoms with Gasteiger partial charge in [0.25, 0.3) is 5.91 Å². The Kier molecular flexibility index (Phi) is 9.85. The van der Waals surface area contributed by atoms with Gasteiger partial charge < -0.3 is 15.6 Å². The number of nitrogens with two attached hydrogens (primary N) is 1. The van der Waals surface area contributed by atoms with Crippen LogP contribution in [0.1, 0.15) is 36.0 Å². The van der Waals surface area contributed by atoms with Crippen LogP contribution in [0.15, 0.2) is 89.2 Å². The number of thiazole rings is 1. The van der Waals surface area contributed by atoms with Crippen LogP contribution in [0.3, 0.4) is 0 Å². The van der Waals surface area contributed by atoms with Gasteiger partial charge in [-0.1, -0.05) is 73.6 Å². The van der Waals surface area contributed by atoms with E-state index in [0.29, 0.717) is 30.4 Å². The van der Waals surface area contributed by atoms with Crippen LogP contribution in [-0.2, 0) is 25.9 Å². The smallest absolute Gasteiger partial charge is 0.269 e. The van der Waals surface area contributed by atoms with Crippen molar-refractivity contribution in [3.63, 3.8) is 0 Å². The highest BCUT2D eigenvalue weighted by molar-refractivity contribution is 7.07. The molecule has 0 atom stereocenters. The molecule has 0 saturated carbocycles. The highest BCUT2D eigenvalue weighted by Crippen LogP contribution is 2.15. The Morgan fingerprint density at radius 3 is 2.29 bits per heavy atom. The Bertz CT molecular complexity index is 1290.